The molecule has 0 aliphatic carbocycles. The molecule has 0 bridgehead atoms. The number of carbonyl (C=O) groups is 2. The Hall–Kier alpha value is -2.71. The molecule has 2 amide bonds. The summed E-state index contributed by atoms with van der Waals surface area (Å²) < 4.78 is 5.15. The van der Waals surface area contributed by atoms with Gasteiger partial charge in [-0.3, -0.25) is 9.59 Å². The quantitative estimate of drug-likeness (QED) is 0.407. The van der Waals surface area contributed by atoms with Crippen LogP contribution >= 0.6 is 11.8 Å². The summed E-state index contributed by atoms with van der Waals surface area (Å²) in [6, 6.07) is 12.1. The van der Waals surface area contributed by atoms with E-state index < -0.39 is 6.04 Å². The monoisotopic (exact) mass is 432 g/mol. The summed E-state index contributed by atoms with van der Waals surface area (Å²) in [5, 5.41) is 24.8. The van der Waals surface area contributed by atoms with Gasteiger partial charge in [-0.25, -0.2) is 0 Å². The zero-order valence-corrected chi connectivity index (χ0v) is 17.9. The van der Waals surface area contributed by atoms with Crippen LogP contribution in [0.3, 0.4) is 0 Å². The number of rotatable bonds is 11. The molecule has 0 radical (unpaired) electrons. The van der Waals surface area contributed by atoms with Gasteiger partial charge in [0.2, 0.25) is 5.91 Å². The minimum atomic E-state index is -0.780. The third-order valence-electron chi connectivity index (χ3n) is 4.40. The van der Waals surface area contributed by atoms with Gasteiger partial charge in [0.1, 0.15) is 17.5 Å². The fourth-order valence-electron chi connectivity index (χ4n) is 2.63. The van der Waals surface area contributed by atoms with Crippen molar-refractivity contribution in [1.82, 2.24) is 5.32 Å². The number of thioether (sulfide) groups is 1. The molecule has 0 spiro atoms. The van der Waals surface area contributed by atoms with E-state index in [2.05, 4.69) is 10.6 Å². The van der Waals surface area contributed by atoms with Crippen LogP contribution < -0.4 is 15.4 Å². The molecule has 30 heavy (non-hydrogen) atoms. The summed E-state index contributed by atoms with van der Waals surface area (Å²) in [4.78, 5) is 25.5. The van der Waals surface area contributed by atoms with Crippen molar-refractivity contribution in [3.05, 3.63) is 54.1 Å². The molecule has 162 valence electrons. The van der Waals surface area contributed by atoms with Crippen LogP contribution in [-0.4, -0.2) is 52.8 Å². The second-order valence-electron chi connectivity index (χ2n) is 6.72. The van der Waals surface area contributed by atoms with Crippen molar-refractivity contribution in [3.63, 3.8) is 0 Å². The second kappa shape index (κ2) is 12.1. The van der Waals surface area contributed by atoms with Crippen molar-refractivity contribution in [1.29, 1.82) is 0 Å². The molecule has 0 aliphatic heterocycles. The maximum Gasteiger partial charge on any atom is 0.252 e. The summed E-state index contributed by atoms with van der Waals surface area (Å²) in [7, 11) is 1.52. The molecular formula is C22H28N2O5S. The number of aliphatic hydroxyl groups is 1. The van der Waals surface area contributed by atoms with Crippen LogP contribution in [0, 0.1) is 0 Å². The smallest absolute Gasteiger partial charge is 0.252 e. The van der Waals surface area contributed by atoms with E-state index in [-0.39, 0.29) is 23.7 Å². The molecule has 2 atom stereocenters. The number of hydrogen-bond donors (Lipinski definition) is 4. The molecule has 2 unspecified atom stereocenters. The molecule has 0 aliphatic rings. The number of hydrogen-bond acceptors (Lipinski definition) is 6. The Labute approximate surface area is 180 Å². The summed E-state index contributed by atoms with van der Waals surface area (Å²) >= 11 is 1.53. The third-order valence-corrected chi connectivity index (χ3v) is 5.54. The van der Waals surface area contributed by atoms with Crippen molar-refractivity contribution in [2.75, 3.05) is 23.9 Å². The van der Waals surface area contributed by atoms with Gasteiger partial charge in [-0.05, 0) is 48.9 Å². The Kier molecular flexibility index (Phi) is 9.50. The highest BCUT2D eigenvalue weighted by molar-refractivity contribution is 7.99. The first-order valence-corrected chi connectivity index (χ1v) is 10.9. The molecule has 2 aromatic carbocycles. The third kappa shape index (κ3) is 7.61. The van der Waals surface area contributed by atoms with Gasteiger partial charge in [0.25, 0.3) is 5.91 Å². The summed E-state index contributed by atoms with van der Waals surface area (Å²) in [6.45, 7) is 1.91. The predicted octanol–water partition coefficient (Wildman–Crippen LogP) is 3.03. The lowest BCUT2D eigenvalue weighted by atomic mass is 10.1. The maximum absolute atomic E-state index is 12.8. The Morgan fingerprint density at radius 1 is 1.17 bits per heavy atom. The van der Waals surface area contributed by atoms with Gasteiger partial charge in [0.15, 0.2) is 0 Å². The second-order valence-corrected chi connectivity index (χ2v) is 7.87. The average molecular weight is 433 g/mol. The van der Waals surface area contributed by atoms with E-state index in [1.807, 2.05) is 6.92 Å². The van der Waals surface area contributed by atoms with Gasteiger partial charge in [-0.15, -0.1) is 0 Å². The first kappa shape index (κ1) is 23.6. The number of carbonyl (C=O) groups excluding carboxylic acids is 2. The molecule has 0 fully saturated rings. The van der Waals surface area contributed by atoms with Gasteiger partial charge in [-0.2, -0.15) is 11.8 Å². The number of aliphatic hydroxyl groups excluding tert-OH is 1. The molecule has 4 N–H and O–H groups in total. The van der Waals surface area contributed by atoms with E-state index in [9.17, 15) is 19.8 Å². The first-order chi connectivity index (χ1) is 14.4. The predicted molar refractivity (Wildman–Crippen MR) is 119 cm³/mol. The Balaban J connectivity index is 2.06. The molecule has 0 saturated carbocycles. The van der Waals surface area contributed by atoms with Crippen LogP contribution in [0.2, 0.25) is 0 Å². The molecular weight excluding hydrogens is 404 g/mol. The van der Waals surface area contributed by atoms with Gasteiger partial charge >= 0.3 is 0 Å². The number of nitrogens with one attached hydrogen (secondary N) is 2. The summed E-state index contributed by atoms with van der Waals surface area (Å²) in [5.74, 6) is 0.980. The van der Waals surface area contributed by atoms with Crippen molar-refractivity contribution in [2.24, 2.45) is 0 Å². The number of methoxy groups -OCH3 is 1. The molecule has 0 aromatic heterocycles. The Morgan fingerprint density at radius 2 is 1.93 bits per heavy atom. The normalized spacial score (nSPS) is 12.6. The fourth-order valence-corrected chi connectivity index (χ4v) is 3.70. The van der Waals surface area contributed by atoms with E-state index in [1.165, 1.54) is 31.0 Å². The van der Waals surface area contributed by atoms with Gasteiger partial charge in [0.05, 0.1) is 13.2 Å². The minimum absolute atomic E-state index is 0.0360. The SMILES string of the molecule is CCC(O)CSCCC(NC(=O)c1cccc(OC)c1)C(=O)Nc1cccc(O)c1. The molecule has 0 saturated heterocycles. The standard InChI is InChI=1S/C22H28N2O5S/c1-3-17(25)14-30-11-10-20(22(28)23-16-7-5-8-18(26)13-16)24-21(27)15-6-4-9-19(12-15)29-2/h4-9,12-13,17,20,25-26H,3,10-11,14H2,1-2H3,(H,23,28)(H,24,27). The van der Waals surface area contributed by atoms with E-state index in [1.54, 1.807) is 36.4 Å². The van der Waals surface area contributed by atoms with E-state index >= 15 is 0 Å². The van der Waals surface area contributed by atoms with Crippen molar-refractivity contribution in [2.45, 2.75) is 31.9 Å². The highest BCUT2D eigenvalue weighted by Gasteiger charge is 2.22. The van der Waals surface area contributed by atoms with Crippen LogP contribution in [0.25, 0.3) is 0 Å². The lowest BCUT2D eigenvalue weighted by Crippen LogP contribution is -2.44. The number of phenolic OH excluding ortho intramolecular Hbond substituents is 1. The average Bonchev–Trinajstić information content (AvgIpc) is 2.75. The molecule has 7 nitrogen and oxygen atoms in total. The number of aromatic hydroxyl groups is 1. The highest BCUT2D eigenvalue weighted by atomic mass is 32.2. The number of phenols is 1. The number of benzene rings is 2. The highest BCUT2D eigenvalue weighted by Crippen LogP contribution is 2.17. The molecule has 2 rings (SSSR count). The topological polar surface area (TPSA) is 108 Å². The number of ether oxygens (including phenoxy) is 1. The van der Waals surface area contributed by atoms with Gasteiger partial charge in [0, 0.05) is 23.1 Å². The van der Waals surface area contributed by atoms with E-state index in [0.717, 1.165) is 0 Å². The number of anilines is 1. The van der Waals surface area contributed by atoms with Crippen LogP contribution in [0.4, 0.5) is 5.69 Å². The fraction of sp³-hybridized carbons (Fsp3) is 0.364. The van der Waals surface area contributed by atoms with Crippen LogP contribution in [0.15, 0.2) is 48.5 Å². The van der Waals surface area contributed by atoms with E-state index in [4.69, 9.17) is 4.74 Å². The Bertz CT molecular complexity index is 846. The lowest BCUT2D eigenvalue weighted by molar-refractivity contribution is -0.118. The van der Waals surface area contributed by atoms with Crippen LogP contribution in [0.5, 0.6) is 11.5 Å². The minimum Gasteiger partial charge on any atom is -0.508 e. The van der Waals surface area contributed by atoms with Crippen LogP contribution in [0.1, 0.15) is 30.1 Å². The van der Waals surface area contributed by atoms with Crippen molar-refractivity contribution in [3.8, 4) is 11.5 Å². The molecule has 0 heterocycles. The van der Waals surface area contributed by atoms with Crippen molar-refractivity contribution < 1.29 is 24.5 Å². The van der Waals surface area contributed by atoms with Gasteiger partial charge < -0.3 is 25.6 Å². The molecule has 8 heteroatoms. The first-order valence-electron chi connectivity index (χ1n) is 9.73. The zero-order chi connectivity index (χ0) is 21.9. The van der Waals surface area contributed by atoms with Gasteiger partial charge in [-0.1, -0.05) is 19.1 Å². The molecule has 2 aromatic rings. The maximum atomic E-state index is 12.8. The van der Waals surface area contributed by atoms with E-state index in [0.29, 0.717) is 41.3 Å². The largest absolute Gasteiger partial charge is 0.508 e. The lowest BCUT2D eigenvalue weighted by Gasteiger charge is -2.19. The zero-order valence-electron chi connectivity index (χ0n) is 17.1. The summed E-state index contributed by atoms with van der Waals surface area (Å²) in [6.07, 6.45) is 0.670. The van der Waals surface area contributed by atoms with Crippen molar-refractivity contribution >= 4 is 29.3 Å². The summed E-state index contributed by atoms with van der Waals surface area (Å²) in [5.41, 5.74) is 0.827. The Morgan fingerprint density at radius 3 is 2.63 bits per heavy atom. The van der Waals surface area contributed by atoms with Crippen LogP contribution in [-0.2, 0) is 4.79 Å². The number of amides is 2.